The predicted octanol–water partition coefficient (Wildman–Crippen LogP) is 3.22. The van der Waals surface area contributed by atoms with E-state index in [1.807, 2.05) is 67.6 Å². The molecule has 0 atom stereocenters. The molecular weight excluding hydrogens is 298 g/mol. The Morgan fingerprint density at radius 1 is 1.12 bits per heavy atom. The highest BCUT2D eigenvalue weighted by Gasteiger charge is 2.09. The van der Waals surface area contributed by atoms with Crippen LogP contribution in [-0.2, 0) is 6.54 Å². The van der Waals surface area contributed by atoms with E-state index in [0.29, 0.717) is 24.3 Å². The van der Waals surface area contributed by atoms with Gasteiger partial charge in [0.2, 0.25) is 0 Å². The van der Waals surface area contributed by atoms with Crippen molar-refractivity contribution in [1.29, 1.82) is 0 Å². The van der Waals surface area contributed by atoms with Crippen molar-refractivity contribution in [3.63, 3.8) is 0 Å². The van der Waals surface area contributed by atoms with Crippen molar-refractivity contribution in [2.45, 2.75) is 19.9 Å². The van der Waals surface area contributed by atoms with Crippen molar-refractivity contribution >= 4 is 23.1 Å². The number of hydrogen-bond donors (Lipinski definition) is 1. The minimum Gasteiger partial charge on any atom is -0.330 e. The number of hydrogen-bond acceptors (Lipinski definition) is 3. The van der Waals surface area contributed by atoms with Gasteiger partial charge in [-0.3, -0.25) is 9.36 Å². The number of aromatic nitrogens is 2. The Kier molecular flexibility index (Phi) is 4.87. The first-order valence-corrected chi connectivity index (χ1v) is 8.13. The summed E-state index contributed by atoms with van der Waals surface area (Å²) in [6.45, 7) is 3.09. The van der Waals surface area contributed by atoms with Crippen LogP contribution < -0.4 is 11.3 Å². The second kappa shape index (κ2) is 7.23. The van der Waals surface area contributed by atoms with E-state index in [4.69, 9.17) is 5.73 Å². The second-order valence-electron chi connectivity index (χ2n) is 5.83. The average Bonchev–Trinajstić information content (AvgIpc) is 2.61. The van der Waals surface area contributed by atoms with Crippen molar-refractivity contribution < 1.29 is 0 Å². The van der Waals surface area contributed by atoms with Gasteiger partial charge in [0.25, 0.3) is 5.56 Å². The molecular formula is C20H21N3O. The lowest BCUT2D eigenvalue weighted by atomic mass is 10.1. The highest BCUT2D eigenvalue weighted by molar-refractivity contribution is 5.80. The van der Waals surface area contributed by atoms with Crippen LogP contribution in [0.5, 0.6) is 0 Å². The first-order chi connectivity index (χ1) is 11.7. The van der Waals surface area contributed by atoms with Crippen LogP contribution in [0.4, 0.5) is 0 Å². The van der Waals surface area contributed by atoms with Gasteiger partial charge in [-0.25, -0.2) is 4.98 Å². The Morgan fingerprint density at radius 3 is 2.67 bits per heavy atom. The molecule has 0 aliphatic heterocycles. The summed E-state index contributed by atoms with van der Waals surface area (Å²) >= 11 is 0. The Morgan fingerprint density at radius 2 is 1.92 bits per heavy atom. The lowest BCUT2D eigenvalue weighted by Gasteiger charge is -2.11. The van der Waals surface area contributed by atoms with E-state index in [2.05, 4.69) is 4.98 Å². The van der Waals surface area contributed by atoms with Crippen LogP contribution in [0.1, 0.15) is 23.4 Å². The number of rotatable bonds is 5. The van der Waals surface area contributed by atoms with E-state index in [9.17, 15) is 4.79 Å². The number of nitrogens with two attached hydrogens (primary N) is 1. The molecule has 0 aliphatic rings. The van der Waals surface area contributed by atoms with Gasteiger partial charge < -0.3 is 5.73 Å². The molecule has 0 saturated carbocycles. The fourth-order valence-electron chi connectivity index (χ4n) is 2.68. The summed E-state index contributed by atoms with van der Waals surface area (Å²) in [6.07, 6.45) is 4.61. The fourth-order valence-corrected chi connectivity index (χ4v) is 2.68. The third-order valence-electron chi connectivity index (χ3n) is 3.95. The zero-order valence-electron chi connectivity index (χ0n) is 13.8. The van der Waals surface area contributed by atoms with Crippen molar-refractivity contribution in [3.8, 4) is 0 Å². The van der Waals surface area contributed by atoms with Gasteiger partial charge in [-0.2, -0.15) is 0 Å². The minimum atomic E-state index is -0.00939. The van der Waals surface area contributed by atoms with E-state index in [0.717, 1.165) is 23.1 Å². The Hall–Kier alpha value is -2.72. The monoisotopic (exact) mass is 319 g/mol. The number of fused-ring (bicyclic) bond motifs is 1. The van der Waals surface area contributed by atoms with Crippen LogP contribution in [0, 0.1) is 6.92 Å². The third kappa shape index (κ3) is 3.44. The van der Waals surface area contributed by atoms with E-state index in [1.165, 1.54) is 0 Å². The molecule has 0 radical (unpaired) electrons. The maximum Gasteiger partial charge on any atom is 0.261 e. The molecule has 0 amide bonds. The average molecular weight is 319 g/mol. The van der Waals surface area contributed by atoms with Crippen molar-refractivity contribution in [1.82, 2.24) is 9.55 Å². The van der Waals surface area contributed by atoms with Gasteiger partial charge in [-0.1, -0.05) is 48.0 Å². The highest BCUT2D eigenvalue weighted by Crippen LogP contribution is 2.13. The summed E-state index contributed by atoms with van der Waals surface area (Å²) < 4.78 is 1.72. The lowest BCUT2D eigenvalue weighted by Crippen LogP contribution is -2.25. The number of aryl methyl sites for hydroxylation is 1. The summed E-state index contributed by atoms with van der Waals surface area (Å²) in [5.74, 6) is 0.661. The molecule has 3 rings (SSSR count). The van der Waals surface area contributed by atoms with Crippen molar-refractivity contribution in [2.75, 3.05) is 6.54 Å². The second-order valence-corrected chi connectivity index (χ2v) is 5.83. The van der Waals surface area contributed by atoms with Crippen LogP contribution in [-0.4, -0.2) is 16.1 Å². The quantitative estimate of drug-likeness (QED) is 0.785. The fraction of sp³-hybridized carbons (Fsp3) is 0.200. The lowest BCUT2D eigenvalue weighted by molar-refractivity contribution is 0.619. The third-order valence-corrected chi connectivity index (χ3v) is 3.95. The molecule has 0 aliphatic carbocycles. The zero-order valence-corrected chi connectivity index (χ0v) is 13.8. The molecule has 0 unspecified atom stereocenters. The Balaban J connectivity index is 2.12. The summed E-state index contributed by atoms with van der Waals surface area (Å²) in [6, 6.07) is 15.8. The van der Waals surface area contributed by atoms with Crippen LogP contribution in [0.25, 0.3) is 23.1 Å². The molecule has 0 saturated heterocycles. The van der Waals surface area contributed by atoms with E-state index in [1.54, 1.807) is 4.57 Å². The number of nitrogens with zero attached hydrogens (tertiary/aromatic N) is 2. The smallest absolute Gasteiger partial charge is 0.261 e. The predicted molar refractivity (Wildman–Crippen MR) is 99.8 cm³/mol. The molecule has 2 aromatic carbocycles. The molecule has 0 fully saturated rings. The van der Waals surface area contributed by atoms with Gasteiger partial charge in [-0.15, -0.1) is 0 Å². The van der Waals surface area contributed by atoms with Gasteiger partial charge >= 0.3 is 0 Å². The number of benzene rings is 2. The Bertz CT molecular complexity index is 927. The van der Waals surface area contributed by atoms with Crippen LogP contribution in [0.3, 0.4) is 0 Å². The first kappa shape index (κ1) is 16.1. The maximum atomic E-state index is 12.9. The van der Waals surface area contributed by atoms with Gasteiger partial charge in [-0.05, 0) is 43.7 Å². The molecule has 4 heteroatoms. The summed E-state index contributed by atoms with van der Waals surface area (Å²) in [5.41, 5.74) is 8.46. The van der Waals surface area contributed by atoms with Crippen LogP contribution in [0.2, 0.25) is 0 Å². The SMILES string of the molecule is Cc1ccc2nc(/C=C/c3ccccc3)n(CCCN)c(=O)c2c1. The van der Waals surface area contributed by atoms with Gasteiger partial charge in [0.1, 0.15) is 5.82 Å². The first-order valence-electron chi connectivity index (χ1n) is 8.13. The van der Waals surface area contributed by atoms with Crippen LogP contribution in [0.15, 0.2) is 53.3 Å². The molecule has 0 spiro atoms. The topological polar surface area (TPSA) is 60.9 Å². The highest BCUT2D eigenvalue weighted by atomic mass is 16.1. The molecule has 3 aromatic rings. The van der Waals surface area contributed by atoms with Crippen molar-refractivity contribution in [2.24, 2.45) is 5.73 Å². The van der Waals surface area contributed by atoms with E-state index >= 15 is 0 Å². The maximum absolute atomic E-state index is 12.9. The molecule has 24 heavy (non-hydrogen) atoms. The van der Waals surface area contributed by atoms with Gasteiger partial charge in [0.05, 0.1) is 10.9 Å². The molecule has 1 heterocycles. The summed E-state index contributed by atoms with van der Waals surface area (Å²) in [5, 5.41) is 0.656. The molecule has 122 valence electrons. The largest absolute Gasteiger partial charge is 0.330 e. The van der Waals surface area contributed by atoms with E-state index < -0.39 is 0 Å². The van der Waals surface area contributed by atoms with Gasteiger partial charge in [0.15, 0.2) is 0 Å². The zero-order chi connectivity index (χ0) is 16.9. The molecule has 0 bridgehead atoms. The van der Waals surface area contributed by atoms with Crippen molar-refractivity contribution in [3.05, 3.63) is 75.8 Å². The Labute approximate surface area is 141 Å². The van der Waals surface area contributed by atoms with Gasteiger partial charge in [0, 0.05) is 6.54 Å². The van der Waals surface area contributed by atoms with Crippen LogP contribution >= 0.6 is 0 Å². The molecule has 1 aromatic heterocycles. The molecule has 2 N–H and O–H groups in total. The van der Waals surface area contributed by atoms with E-state index in [-0.39, 0.29) is 5.56 Å². The minimum absolute atomic E-state index is 0.00939. The molecule has 4 nitrogen and oxygen atoms in total. The standard InChI is InChI=1S/C20H21N3O/c1-15-8-10-18-17(14-15)20(24)23(13-5-12-21)19(22-18)11-9-16-6-3-2-4-7-16/h2-4,6-11,14H,5,12-13,21H2,1H3/b11-9+. The summed E-state index contributed by atoms with van der Waals surface area (Å²) in [7, 11) is 0. The normalized spacial score (nSPS) is 11.4. The summed E-state index contributed by atoms with van der Waals surface area (Å²) in [4.78, 5) is 17.5.